The van der Waals surface area contributed by atoms with Crippen molar-refractivity contribution in [2.75, 3.05) is 19.0 Å². The van der Waals surface area contributed by atoms with Crippen LogP contribution in [-0.4, -0.2) is 44.2 Å². The van der Waals surface area contributed by atoms with E-state index in [0.29, 0.717) is 18.7 Å². The van der Waals surface area contributed by atoms with E-state index < -0.39 is 23.3 Å². The fourth-order valence-corrected chi connectivity index (χ4v) is 5.02. The summed E-state index contributed by atoms with van der Waals surface area (Å²) in [5.74, 6) is -1.09. The number of nitrogens with one attached hydrogen (secondary N) is 2. The van der Waals surface area contributed by atoms with Crippen LogP contribution in [0.4, 0.5) is 5.69 Å². The molecule has 7 nitrogen and oxygen atoms in total. The number of halogens is 2. The van der Waals surface area contributed by atoms with E-state index in [1.807, 2.05) is 0 Å². The molecule has 2 aromatic rings. The first-order valence-corrected chi connectivity index (χ1v) is 12.2. The smallest absolute Gasteiger partial charge is 0.328 e. The summed E-state index contributed by atoms with van der Waals surface area (Å²) in [6.45, 7) is 4.03. The first-order chi connectivity index (χ1) is 16.8. The molecular formula is C26H29Cl2N3O4. The molecule has 0 radical (unpaired) electrons. The molecule has 0 heterocycles. The van der Waals surface area contributed by atoms with Gasteiger partial charge < -0.3 is 20.4 Å². The monoisotopic (exact) mass is 517 g/mol. The van der Waals surface area contributed by atoms with Crippen molar-refractivity contribution in [2.24, 2.45) is 10.4 Å². The zero-order chi connectivity index (χ0) is 25.4. The summed E-state index contributed by atoms with van der Waals surface area (Å²) in [6.07, 6.45) is 4.34. The van der Waals surface area contributed by atoms with Gasteiger partial charge in [-0.15, -0.1) is 0 Å². The van der Waals surface area contributed by atoms with Crippen molar-refractivity contribution in [3.05, 3.63) is 63.6 Å². The van der Waals surface area contributed by atoms with E-state index in [4.69, 9.17) is 27.9 Å². The Labute approximate surface area is 215 Å². The molecule has 0 aromatic heterocycles. The Morgan fingerprint density at radius 1 is 1.09 bits per heavy atom. The van der Waals surface area contributed by atoms with Gasteiger partial charge in [0.2, 0.25) is 5.91 Å². The van der Waals surface area contributed by atoms with Crippen LogP contribution in [0, 0.1) is 5.41 Å². The number of carbonyl (C=O) groups is 3. The van der Waals surface area contributed by atoms with E-state index in [2.05, 4.69) is 22.3 Å². The number of benzene rings is 2. The van der Waals surface area contributed by atoms with Crippen LogP contribution in [0.1, 0.15) is 48.0 Å². The molecule has 9 heteroatoms. The van der Waals surface area contributed by atoms with Crippen LogP contribution in [0.15, 0.2) is 47.5 Å². The number of esters is 1. The number of methoxy groups -OCH3 is 1. The lowest BCUT2D eigenvalue weighted by Crippen LogP contribution is -2.49. The number of hydrogen-bond acceptors (Lipinski definition) is 5. The second-order valence-corrected chi connectivity index (χ2v) is 9.50. The molecule has 186 valence electrons. The molecule has 2 aromatic carbocycles. The molecule has 1 saturated carbocycles. The van der Waals surface area contributed by atoms with Gasteiger partial charge in [0.15, 0.2) is 0 Å². The molecule has 1 aliphatic rings. The van der Waals surface area contributed by atoms with Gasteiger partial charge in [-0.3, -0.25) is 9.59 Å². The van der Waals surface area contributed by atoms with E-state index in [-0.39, 0.29) is 27.9 Å². The predicted octanol–water partition coefficient (Wildman–Crippen LogP) is 5.10. The van der Waals surface area contributed by atoms with E-state index in [0.717, 1.165) is 31.2 Å². The zero-order valence-electron chi connectivity index (χ0n) is 19.6. The molecule has 0 saturated heterocycles. The first-order valence-electron chi connectivity index (χ1n) is 11.5. The molecule has 35 heavy (non-hydrogen) atoms. The third-order valence-corrected chi connectivity index (χ3v) is 7.05. The summed E-state index contributed by atoms with van der Waals surface area (Å²) >= 11 is 12.2. The van der Waals surface area contributed by atoms with Gasteiger partial charge in [-0.25, -0.2) is 4.79 Å². The number of aliphatic imine (C=N–C) groups is 1. The van der Waals surface area contributed by atoms with Crippen LogP contribution < -0.4 is 10.6 Å². The second kappa shape index (κ2) is 12.2. The quantitative estimate of drug-likeness (QED) is 0.338. The molecular weight excluding hydrogens is 489 g/mol. The lowest BCUT2D eigenvalue weighted by atomic mass is 9.81. The van der Waals surface area contributed by atoms with Crippen molar-refractivity contribution in [2.45, 2.75) is 44.6 Å². The third kappa shape index (κ3) is 6.61. The highest BCUT2D eigenvalue weighted by molar-refractivity contribution is 6.40. The Balaban J connectivity index is 1.69. The molecule has 1 atom stereocenters. The number of nitrogens with zero attached hydrogens (tertiary/aromatic N) is 1. The Bertz CT molecular complexity index is 1060. The van der Waals surface area contributed by atoms with Gasteiger partial charge in [0.25, 0.3) is 5.91 Å². The fourth-order valence-electron chi connectivity index (χ4n) is 4.45. The average Bonchev–Trinajstić information content (AvgIpc) is 3.33. The number of anilines is 1. The van der Waals surface area contributed by atoms with Crippen molar-refractivity contribution >= 4 is 53.4 Å². The SMILES string of the molecule is C=NCCC1(C(=O)N[C@@H](Cc2ccc(NC(=O)c3c(Cl)cccc3Cl)cc2)C(=O)OC)CCCC1. The van der Waals surface area contributed by atoms with Gasteiger partial charge in [-0.1, -0.05) is 54.2 Å². The third-order valence-electron chi connectivity index (χ3n) is 6.42. The predicted molar refractivity (Wildman–Crippen MR) is 138 cm³/mol. The average molecular weight is 518 g/mol. The Morgan fingerprint density at radius 2 is 1.71 bits per heavy atom. The normalized spacial score (nSPS) is 15.2. The maximum atomic E-state index is 13.2. The van der Waals surface area contributed by atoms with E-state index in [1.165, 1.54) is 7.11 Å². The minimum absolute atomic E-state index is 0.144. The molecule has 0 unspecified atom stereocenters. The van der Waals surface area contributed by atoms with Crippen molar-refractivity contribution in [3.8, 4) is 0 Å². The van der Waals surface area contributed by atoms with E-state index in [1.54, 1.807) is 42.5 Å². The van der Waals surface area contributed by atoms with Crippen LogP contribution in [-0.2, 0) is 20.7 Å². The molecule has 0 bridgehead atoms. The zero-order valence-corrected chi connectivity index (χ0v) is 21.1. The Kier molecular flexibility index (Phi) is 9.29. The van der Waals surface area contributed by atoms with Crippen LogP contribution in [0.5, 0.6) is 0 Å². The van der Waals surface area contributed by atoms with Crippen LogP contribution in [0.3, 0.4) is 0 Å². The topological polar surface area (TPSA) is 96.9 Å². The highest BCUT2D eigenvalue weighted by atomic mass is 35.5. The number of hydrogen-bond donors (Lipinski definition) is 2. The summed E-state index contributed by atoms with van der Waals surface area (Å²) in [4.78, 5) is 42.2. The van der Waals surface area contributed by atoms with Gasteiger partial charge in [0.05, 0.1) is 28.1 Å². The van der Waals surface area contributed by atoms with Crippen LogP contribution in [0.2, 0.25) is 10.0 Å². The summed E-state index contributed by atoms with van der Waals surface area (Å²) in [7, 11) is 1.30. The number of rotatable bonds is 10. The number of carbonyl (C=O) groups excluding carboxylic acids is 3. The lowest BCUT2D eigenvalue weighted by molar-refractivity contribution is -0.146. The first kappa shape index (κ1) is 26.7. The van der Waals surface area contributed by atoms with E-state index >= 15 is 0 Å². The minimum Gasteiger partial charge on any atom is -0.467 e. The molecule has 2 amide bonds. The van der Waals surface area contributed by atoms with Crippen molar-refractivity contribution in [1.82, 2.24) is 5.32 Å². The van der Waals surface area contributed by atoms with Gasteiger partial charge in [-0.2, -0.15) is 0 Å². The summed E-state index contributed by atoms with van der Waals surface area (Å²) in [5, 5.41) is 6.19. The largest absolute Gasteiger partial charge is 0.467 e. The second-order valence-electron chi connectivity index (χ2n) is 8.69. The molecule has 0 aliphatic heterocycles. The lowest BCUT2D eigenvalue weighted by Gasteiger charge is -2.29. The van der Waals surface area contributed by atoms with Crippen molar-refractivity contribution in [1.29, 1.82) is 0 Å². The van der Waals surface area contributed by atoms with Crippen molar-refractivity contribution < 1.29 is 19.1 Å². The van der Waals surface area contributed by atoms with Gasteiger partial charge >= 0.3 is 5.97 Å². The van der Waals surface area contributed by atoms with Crippen molar-refractivity contribution in [3.63, 3.8) is 0 Å². The molecule has 3 rings (SSSR count). The maximum Gasteiger partial charge on any atom is 0.328 e. The Hall–Kier alpha value is -2.90. The highest BCUT2D eigenvalue weighted by Gasteiger charge is 2.42. The Morgan fingerprint density at radius 3 is 2.29 bits per heavy atom. The van der Waals surface area contributed by atoms with E-state index in [9.17, 15) is 14.4 Å². The number of ether oxygens (including phenoxy) is 1. The molecule has 2 N–H and O–H groups in total. The molecule has 0 spiro atoms. The van der Waals surface area contributed by atoms with Gasteiger partial charge in [-0.05, 0) is 55.8 Å². The maximum absolute atomic E-state index is 13.2. The molecule has 1 fully saturated rings. The summed E-state index contributed by atoms with van der Waals surface area (Å²) in [6, 6.07) is 11.0. The summed E-state index contributed by atoms with van der Waals surface area (Å²) < 4.78 is 4.95. The van der Waals surface area contributed by atoms with Gasteiger partial charge in [0, 0.05) is 18.7 Å². The van der Waals surface area contributed by atoms with Crippen LogP contribution in [0.25, 0.3) is 0 Å². The highest BCUT2D eigenvalue weighted by Crippen LogP contribution is 2.41. The minimum atomic E-state index is -0.830. The fraction of sp³-hybridized carbons (Fsp3) is 0.385. The standard InChI is InChI=1S/C26H29Cl2N3O4/c1-29-15-14-26(12-3-4-13-26)25(34)31-21(24(33)35-2)16-17-8-10-18(11-9-17)30-23(32)22-19(27)6-5-7-20(22)28/h5-11,21H,1,3-4,12-16H2,2H3,(H,30,32)(H,31,34)/t21-/m0/s1. The summed E-state index contributed by atoms with van der Waals surface area (Å²) in [5.41, 5.74) is 1.00. The van der Waals surface area contributed by atoms with Gasteiger partial charge in [0.1, 0.15) is 6.04 Å². The van der Waals surface area contributed by atoms with Crippen LogP contribution >= 0.6 is 23.2 Å². The number of amides is 2. The molecule has 1 aliphatic carbocycles.